The van der Waals surface area contributed by atoms with Gasteiger partial charge in [0.25, 0.3) is 0 Å². The summed E-state index contributed by atoms with van der Waals surface area (Å²) in [6.07, 6.45) is 8.98. The van der Waals surface area contributed by atoms with Crippen LogP contribution in [0.5, 0.6) is 0 Å². The first kappa shape index (κ1) is 25.4. The molecule has 5 heteroatoms. The SMILES string of the molecule is CC1(C)CC[C@]2(C(=O)O)CC[C@]3(C)[C@@H](C(=O)C=C4[C@@]5(C)C=C(C#N)C(=O)C(C)(C)[C@@H]5CC[C@]43C)[C@@H]2C1. The van der Waals surface area contributed by atoms with E-state index in [2.05, 4.69) is 40.7 Å². The fraction of sp³-hybridized carbons (Fsp3) is 0.742. The van der Waals surface area contributed by atoms with Crippen molar-refractivity contribution in [2.75, 3.05) is 0 Å². The monoisotopic (exact) mass is 491 g/mol. The molecule has 5 aliphatic rings. The van der Waals surface area contributed by atoms with Gasteiger partial charge in [0, 0.05) is 16.7 Å². The normalized spacial score (nSPS) is 46.7. The minimum absolute atomic E-state index is 0.00880. The van der Waals surface area contributed by atoms with Gasteiger partial charge in [-0.25, -0.2) is 0 Å². The van der Waals surface area contributed by atoms with Gasteiger partial charge in [-0.15, -0.1) is 0 Å². The third-order valence-electron chi connectivity index (χ3n) is 12.3. The molecular formula is C31H41NO4. The van der Waals surface area contributed by atoms with Crippen LogP contribution in [0.4, 0.5) is 0 Å². The first-order chi connectivity index (χ1) is 16.5. The number of aliphatic carboxylic acids is 1. The van der Waals surface area contributed by atoms with Crippen LogP contribution in [0, 0.1) is 61.6 Å². The summed E-state index contributed by atoms with van der Waals surface area (Å²) in [5.74, 6) is -1.27. The van der Waals surface area contributed by atoms with Crippen molar-refractivity contribution in [2.24, 2.45) is 50.2 Å². The summed E-state index contributed by atoms with van der Waals surface area (Å²) in [6, 6.07) is 2.15. The Balaban J connectivity index is 1.71. The largest absolute Gasteiger partial charge is 0.481 e. The number of fused-ring (bicyclic) bond motifs is 7. The number of rotatable bonds is 1. The smallest absolute Gasteiger partial charge is 0.309 e. The second kappa shape index (κ2) is 7.21. The minimum Gasteiger partial charge on any atom is -0.481 e. The molecule has 0 amide bonds. The highest BCUT2D eigenvalue weighted by Crippen LogP contribution is 2.74. The van der Waals surface area contributed by atoms with Crippen molar-refractivity contribution in [3.63, 3.8) is 0 Å². The van der Waals surface area contributed by atoms with Gasteiger partial charge in [0.1, 0.15) is 6.07 Å². The number of ketones is 2. The molecule has 0 saturated heterocycles. The molecule has 5 rings (SSSR count). The lowest BCUT2D eigenvalue weighted by atomic mass is 9.34. The molecule has 0 aliphatic heterocycles. The Morgan fingerprint density at radius 3 is 2.25 bits per heavy atom. The average molecular weight is 492 g/mol. The molecule has 0 radical (unpaired) electrons. The van der Waals surface area contributed by atoms with Gasteiger partial charge in [-0.05, 0) is 79.1 Å². The minimum atomic E-state index is -0.828. The quantitative estimate of drug-likeness (QED) is 0.465. The Bertz CT molecular complexity index is 1180. The molecule has 5 nitrogen and oxygen atoms in total. The highest BCUT2D eigenvalue weighted by atomic mass is 16.4. The molecule has 0 bridgehead atoms. The van der Waals surface area contributed by atoms with Crippen molar-refractivity contribution in [1.29, 1.82) is 5.26 Å². The first-order valence-corrected chi connectivity index (χ1v) is 13.7. The van der Waals surface area contributed by atoms with Crippen LogP contribution in [0.3, 0.4) is 0 Å². The van der Waals surface area contributed by atoms with Gasteiger partial charge in [0.05, 0.1) is 11.0 Å². The van der Waals surface area contributed by atoms with E-state index in [0.717, 1.165) is 31.3 Å². The van der Waals surface area contributed by atoms with Crippen molar-refractivity contribution >= 4 is 17.5 Å². The second-order valence-electron chi connectivity index (χ2n) is 14.7. The van der Waals surface area contributed by atoms with E-state index < -0.39 is 22.2 Å². The lowest BCUT2D eigenvalue weighted by Gasteiger charge is -2.68. The van der Waals surface area contributed by atoms with Crippen LogP contribution in [0.15, 0.2) is 23.3 Å². The van der Waals surface area contributed by atoms with Crippen molar-refractivity contribution in [3.8, 4) is 6.07 Å². The van der Waals surface area contributed by atoms with Gasteiger partial charge < -0.3 is 5.11 Å². The molecule has 0 aromatic carbocycles. The van der Waals surface area contributed by atoms with Crippen LogP contribution >= 0.6 is 0 Å². The van der Waals surface area contributed by atoms with E-state index in [1.54, 1.807) is 0 Å². The molecule has 5 aliphatic carbocycles. The van der Waals surface area contributed by atoms with Gasteiger partial charge in [0.15, 0.2) is 11.6 Å². The summed E-state index contributed by atoms with van der Waals surface area (Å²) in [5.41, 5.74) is -1.49. The zero-order valence-electron chi connectivity index (χ0n) is 23.0. The number of Topliss-reactive ketones (excluding diaryl/α,β-unsaturated/α-hetero) is 1. The third kappa shape index (κ3) is 2.85. The molecule has 3 saturated carbocycles. The Kier molecular flexibility index (Phi) is 5.09. The summed E-state index contributed by atoms with van der Waals surface area (Å²) >= 11 is 0. The molecule has 7 atom stereocenters. The van der Waals surface area contributed by atoms with Gasteiger partial charge in [-0.3, -0.25) is 14.4 Å². The zero-order chi connectivity index (χ0) is 26.7. The van der Waals surface area contributed by atoms with E-state index in [1.807, 2.05) is 26.0 Å². The maximum absolute atomic E-state index is 14.2. The molecule has 0 aromatic heterocycles. The van der Waals surface area contributed by atoms with Gasteiger partial charge in [0.2, 0.25) is 0 Å². The second-order valence-corrected chi connectivity index (χ2v) is 14.7. The summed E-state index contributed by atoms with van der Waals surface area (Å²) in [5, 5.41) is 20.3. The first-order valence-electron chi connectivity index (χ1n) is 13.7. The summed E-state index contributed by atoms with van der Waals surface area (Å²) in [4.78, 5) is 40.2. The Morgan fingerprint density at radius 2 is 1.64 bits per heavy atom. The molecule has 0 heterocycles. The number of carbonyl (C=O) groups is 3. The Morgan fingerprint density at radius 1 is 1.00 bits per heavy atom. The summed E-state index contributed by atoms with van der Waals surface area (Å²) in [7, 11) is 0. The van der Waals surface area contributed by atoms with Crippen LogP contribution in [-0.4, -0.2) is 22.6 Å². The van der Waals surface area contributed by atoms with E-state index >= 15 is 0 Å². The van der Waals surface area contributed by atoms with Crippen molar-refractivity contribution in [1.82, 2.24) is 0 Å². The number of carbonyl (C=O) groups excluding carboxylic acids is 2. The van der Waals surface area contributed by atoms with E-state index in [0.29, 0.717) is 19.3 Å². The summed E-state index contributed by atoms with van der Waals surface area (Å²) < 4.78 is 0. The van der Waals surface area contributed by atoms with E-state index in [-0.39, 0.29) is 51.1 Å². The zero-order valence-corrected chi connectivity index (χ0v) is 23.0. The molecule has 194 valence electrons. The van der Waals surface area contributed by atoms with E-state index in [9.17, 15) is 24.8 Å². The molecule has 36 heavy (non-hydrogen) atoms. The third-order valence-corrected chi connectivity index (χ3v) is 12.3. The molecule has 0 spiro atoms. The lowest BCUT2D eigenvalue weighted by Crippen LogP contribution is -2.65. The van der Waals surface area contributed by atoms with Crippen LogP contribution in [0.2, 0.25) is 0 Å². The van der Waals surface area contributed by atoms with Gasteiger partial charge in [-0.1, -0.05) is 60.1 Å². The van der Waals surface area contributed by atoms with E-state index in [4.69, 9.17) is 0 Å². The fourth-order valence-corrected chi connectivity index (χ4v) is 10.0. The Labute approximate surface area is 215 Å². The van der Waals surface area contributed by atoms with E-state index in [1.165, 1.54) is 0 Å². The fourth-order valence-electron chi connectivity index (χ4n) is 10.0. The highest BCUT2D eigenvalue weighted by Gasteiger charge is 2.70. The lowest BCUT2D eigenvalue weighted by molar-refractivity contribution is -0.188. The van der Waals surface area contributed by atoms with Crippen LogP contribution in [0.1, 0.15) is 93.4 Å². The number of allylic oxidation sites excluding steroid dienone is 4. The van der Waals surface area contributed by atoms with Crippen molar-refractivity contribution in [2.45, 2.75) is 93.4 Å². The van der Waals surface area contributed by atoms with Gasteiger partial charge in [-0.2, -0.15) is 5.26 Å². The number of carboxylic acids is 1. The average Bonchev–Trinajstić information content (AvgIpc) is 2.77. The summed E-state index contributed by atoms with van der Waals surface area (Å²) in [6.45, 7) is 15.0. The molecule has 1 N–H and O–H groups in total. The number of nitrogens with zero attached hydrogens (tertiary/aromatic N) is 1. The standard InChI is InChI=1S/C31H41NO4/c1-26(2)10-12-31(25(35)36)13-11-30(7)23(19(31)16-26)20(33)14-22-28(5)15-18(17-32)24(34)27(3,4)21(28)8-9-29(22,30)6/h14-15,19,21,23H,8-13,16H2,1-7H3,(H,35,36)/t19-,21-,23+,28-,29+,30+,31-/m0/s1. The van der Waals surface area contributed by atoms with Crippen molar-refractivity contribution < 1.29 is 19.5 Å². The Hall–Kier alpha value is -2.22. The topological polar surface area (TPSA) is 95.2 Å². The number of hydrogen-bond donors (Lipinski definition) is 1. The predicted octanol–water partition coefficient (Wildman–Crippen LogP) is 6.29. The molecule has 3 fully saturated rings. The number of carboxylic acid groups (broad SMARTS) is 1. The highest BCUT2D eigenvalue weighted by molar-refractivity contribution is 6.04. The molecule has 0 unspecified atom stereocenters. The van der Waals surface area contributed by atoms with Crippen LogP contribution in [0.25, 0.3) is 0 Å². The maximum Gasteiger partial charge on any atom is 0.309 e. The number of hydrogen-bond acceptors (Lipinski definition) is 4. The van der Waals surface area contributed by atoms with Crippen molar-refractivity contribution in [3.05, 3.63) is 23.3 Å². The van der Waals surface area contributed by atoms with Crippen LogP contribution < -0.4 is 0 Å². The van der Waals surface area contributed by atoms with Gasteiger partial charge >= 0.3 is 5.97 Å². The maximum atomic E-state index is 14.2. The molecule has 0 aromatic rings. The number of nitriles is 1. The van der Waals surface area contributed by atoms with Crippen LogP contribution in [-0.2, 0) is 14.4 Å². The predicted molar refractivity (Wildman–Crippen MR) is 137 cm³/mol. The molecular weight excluding hydrogens is 450 g/mol.